The van der Waals surface area contributed by atoms with Gasteiger partial charge >= 0.3 is 0 Å². The van der Waals surface area contributed by atoms with Crippen molar-refractivity contribution < 1.29 is 10.2 Å². The van der Waals surface area contributed by atoms with E-state index in [4.69, 9.17) is 23.1 Å². The van der Waals surface area contributed by atoms with Crippen molar-refractivity contribution >= 4 is 23.0 Å². The minimum absolute atomic E-state index is 0.455. The van der Waals surface area contributed by atoms with Crippen LogP contribution in [0.15, 0.2) is 24.4 Å². The van der Waals surface area contributed by atoms with Crippen LogP contribution in [0.4, 0.5) is 11.4 Å². The van der Waals surface area contributed by atoms with Crippen molar-refractivity contribution in [1.82, 2.24) is 4.98 Å². The van der Waals surface area contributed by atoms with Crippen LogP contribution >= 0.6 is 11.6 Å². The molecule has 2 aromatic rings. The first-order chi connectivity index (χ1) is 11.8. The second kappa shape index (κ2) is 5.59. The summed E-state index contributed by atoms with van der Waals surface area (Å²) in [5.74, 6) is 0. The number of nitrogen functional groups attached to an aromatic ring is 2. The van der Waals surface area contributed by atoms with E-state index in [0.717, 1.165) is 24.0 Å². The number of hydrogen-bond donors (Lipinski definition) is 4. The topological polar surface area (TPSA) is 105 Å². The first-order valence-corrected chi connectivity index (χ1v) is 9.01. The van der Waals surface area contributed by atoms with Crippen LogP contribution in [0.3, 0.4) is 0 Å². The Morgan fingerprint density at radius 1 is 0.920 bits per heavy atom. The number of halogens is 1. The molecule has 5 nitrogen and oxygen atoms in total. The van der Waals surface area contributed by atoms with Gasteiger partial charge in [-0.25, -0.2) is 0 Å². The number of pyridine rings is 1. The van der Waals surface area contributed by atoms with Gasteiger partial charge in [0.2, 0.25) is 0 Å². The molecule has 0 saturated heterocycles. The van der Waals surface area contributed by atoms with Crippen LogP contribution < -0.4 is 11.5 Å². The Hall–Kier alpha value is -1.82. The van der Waals surface area contributed by atoms with Crippen LogP contribution in [0.2, 0.25) is 5.02 Å². The number of rotatable bonds is 3. The summed E-state index contributed by atoms with van der Waals surface area (Å²) < 4.78 is 0. The quantitative estimate of drug-likeness (QED) is 0.629. The molecule has 0 atom stereocenters. The predicted octanol–water partition coefficient (Wildman–Crippen LogP) is 3.31. The summed E-state index contributed by atoms with van der Waals surface area (Å²) >= 11 is 6.46. The number of nitrogens with two attached hydrogens (primary N) is 2. The lowest BCUT2D eigenvalue weighted by atomic mass is 9.74. The highest BCUT2D eigenvalue weighted by Gasteiger charge is 2.40. The van der Waals surface area contributed by atoms with Crippen LogP contribution in [-0.4, -0.2) is 15.2 Å². The molecule has 1 aromatic carbocycles. The first kappa shape index (κ1) is 16.6. The van der Waals surface area contributed by atoms with Crippen molar-refractivity contribution in [3.63, 3.8) is 0 Å². The minimum atomic E-state index is -0.900. The monoisotopic (exact) mass is 359 g/mol. The third-order valence-electron chi connectivity index (χ3n) is 5.67. The van der Waals surface area contributed by atoms with Crippen LogP contribution in [0.5, 0.6) is 0 Å². The summed E-state index contributed by atoms with van der Waals surface area (Å²) in [6.45, 7) is 0. The van der Waals surface area contributed by atoms with Gasteiger partial charge < -0.3 is 21.7 Å². The van der Waals surface area contributed by atoms with E-state index in [2.05, 4.69) is 4.98 Å². The number of aromatic nitrogens is 1. The van der Waals surface area contributed by atoms with Crippen molar-refractivity contribution in [3.8, 4) is 11.1 Å². The lowest BCUT2D eigenvalue weighted by molar-refractivity contribution is -0.0418. The van der Waals surface area contributed by atoms with Crippen LogP contribution in [0, 0.1) is 0 Å². The Bertz CT molecular complexity index is 845. The van der Waals surface area contributed by atoms with Crippen LogP contribution in [0.25, 0.3) is 11.1 Å². The van der Waals surface area contributed by atoms with Gasteiger partial charge in [0.05, 0.1) is 17.0 Å². The molecule has 2 aliphatic rings. The molecule has 0 unspecified atom stereocenters. The van der Waals surface area contributed by atoms with Gasteiger partial charge in [-0.3, -0.25) is 4.98 Å². The molecule has 0 bridgehead atoms. The Balaban J connectivity index is 1.72. The summed E-state index contributed by atoms with van der Waals surface area (Å²) in [5.41, 5.74) is 14.2. The minimum Gasteiger partial charge on any atom is -0.398 e. The fraction of sp³-hybridized carbons (Fsp3) is 0.421. The lowest BCUT2D eigenvalue weighted by Gasteiger charge is -2.38. The lowest BCUT2D eigenvalue weighted by Crippen LogP contribution is -2.35. The standard InChI is InChI=1S/C19H22ClN3O2/c20-14-9-13(18(24)3-1-4-18)15(21)8-12(14)11-7-16(22)17(23-10-11)19(25)5-2-6-19/h7-10,24-25H,1-6,21-22H2. The van der Waals surface area contributed by atoms with Crippen molar-refractivity contribution in [3.05, 3.63) is 40.7 Å². The highest BCUT2D eigenvalue weighted by atomic mass is 35.5. The number of anilines is 2. The molecule has 2 fully saturated rings. The zero-order valence-electron chi connectivity index (χ0n) is 13.9. The van der Waals surface area contributed by atoms with Gasteiger partial charge in [-0.15, -0.1) is 0 Å². The first-order valence-electron chi connectivity index (χ1n) is 8.63. The van der Waals surface area contributed by atoms with Crippen molar-refractivity contribution in [2.75, 3.05) is 11.5 Å². The third kappa shape index (κ3) is 2.58. The maximum atomic E-state index is 10.6. The van der Waals surface area contributed by atoms with E-state index in [1.807, 2.05) is 0 Å². The molecular formula is C19H22ClN3O2. The van der Waals surface area contributed by atoms with E-state index >= 15 is 0 Å². The molecule has 4 rings (SSSR count). The molecule has 1 aromatic heterocycles. The highest BCUT2D eigenvalue weighted by molar-refractivity contribution is 6.33. The Morgan fingerprint density at radius 2 is 1.56 bits per heavy atom. The van der Waals surface area contributed by atoms with E-state index in [-0.39, 0.29) is 0 Å². The van der Waals surface area contributed by atoms with Gasteiger partial charge in [-0.1, -0.05) is 11.6 Å². The number of benzene rings is 1. The van der Waals surface area contributed by atoms with E-state index in [0.29, 0.717) is 53.3 Å². The molecule has 132 valence electrons. The molecule has 25 heavy (non-hydrogen) atoms. The van der Waals surface area contributed by atoms with Crippen LogP contribution in [-0.2, 0) is 11.2 Å². The Morgan fingerprint density at radius 3 is 2.08 bits per heavy atom. The predicted molar refractivity (Wildman–Crippen MR) is 99.0 cm³/mol. The van der Waals surface area contributed by atoms with Gasteiger partial charge in [0.1, 0.15) is 5.60 Å². The number of nitrogens with zero attached hydrogens (tertiary/aromatic N) is 1. The second-order valence-corrected chi connectivity index (χ2v) is 7.76. The molecule has 0 amide bonds. The van der Waals surface area contributed by atoms with Crippen molar-refractivity contribution in [1.29, 1.82) is 0 Å². The normalized spacial score (nSPS) is 20.6. The summed E-state index contributed by atoms with van der Waals surface area (Å²) in [6.07, 6.45) is 6.41. The summed E-state index contributed by atoms with van der Waals surface area (Å²) in [5, 5.41) is 21.5. The zero-order valence-corrected chi connectivity index (χ0v) is 14.7. The summed E-state index contributed by atoms with van der Waals surface area (Å²) in [4.78, 5) is 4.39. The zero-order chi connectivity index (χ0) is 17.8. The molecule has 0 spiro atoms. The number of aliphatic hydroxyl groups is 2. The van der Waals surface area contributed by atoms with Crippen molar-refractivity contribution in [2.45, 2.75) is 49.7 Å². The van der Waals surface area contributed by atoms with Gasteiger partial charge in [0.25, 0.3) is 0 Å². The summed E-state index contributed by atoms with van der Waals surface area (Å²) in [7, 11) is 0. The Kier molecular flexibility index (Phi) is 3.72. The third-order valence-corrected chi connectivity index (χ3v) is 5.98. The van der Waals surface area contributed by atoms with E-state index in [1.54, 1.807) is 24.4 Å². The SMILES string of the molecule is Nc1cc(-c2cnc(C3(O)CCC3)c(N)c2)c(Cl)cc1C1(O)CCC1. The van der Waals surface area contributed by atoms with Gasteiger partial charge in [0.15, 0.2) is 0 Å². The van der Waals surface area contributed by atoms with Gasteiger partial charge in [-0.2, -0.15) is 0 Å². The number of hydrogen-bond acceptors (Lipinski definition) is 5. The molecule has 6 heteroatoms. The largest absolute Gasteiger partial charge is 0.398 e. The van der Waals surface area contributed by atoms with E-state index < -0.39 is 11.2 Å². The highest BCUT2D eigenvalue weighted by Crippen LogP contribution is 2.47. The van der Waals surface area contributed by atoms with E-state index in [1.165, 1.54) is 0 Å². The maximum absolute atomic E-state index is 10.6. The fourth-order valence-corrected chi connectivity index (χ4v) is 4.03. The molecule has 0 aliphatic heterocycles. The Labute approximate surface area is 151 Å². The van der Waals surface area contributed by atoms with Gasteiger partial charge in [0, 0.05) is 33.6 Å². The van der Waals surface area contributed by atoms with Crippen molar-refractivity contribution in [2.24, 2.45) is 0 Å². The molecule has 2 saturated carbocycles. The van der Waals surface area contributed by atoms with E-state index in [9.17, 15) is 10.2 Å². The maximum Gasteiger partial charge on any atom is 0.109 e. The van der Waals surface area contributed by atoms with Gasteiger partial charge in [-0.05, 0) is 56.7 Å². The average molecular weight is 360 g/mol. The molecule has 1 heterocycles. The molecular weight excluding hydrogens is 338 g/mol. The fourth-order valence-electron chi connectivity index (χ4n) is 3.76. The molecule has 2 aliphatic carbocycles. The smallest absolute Gasteiger partial charge is 0.109 e. The second-order valence-electron chi connectivity index (χ2n) is 7.35. The van der Waals surface area contributed by atoms with Crippen LogP contribution in [0.1, 0.15) is 49.8 Å². The average Bonchev–Trinajstić information content (AvgIpc) is 2.52. The summed E-state index contributed by atoms with van der Waals surface area (Å²) in [6, 6.07) is 5.29. The molecule has 0 radical (unpaired) electrons. The molecule has 6 N–H and O–H groups in total.